The molecule has 0 radical (unpaired) electrons. The van der Waals surface area contributed by atoms with Crippen molar-refractivity contribution in [1.29, 1.82) is 0 Å². The van der Waals surface area contributed by atoms with Crippen LogP contribution < -0.4 is 11.5 Å². The summed E-state index contributed by atoms with van der Waals surface area (Å²) in [5.74, 6) is -3.75. The van der Waals surface area contributed by atoms with Crippen LogP contribution in [-0.2, 0) is 18.9 Å². The number of carbonyl (C=O) groups excluding carboxylic acids is 6. The number of ether oxygens (including phenoxy) is 4. The van der Waals surface area contributed by atoms with E-state index in [0.717, 1.165) is 77.0 Å². The summed E-state index contributed by atoms with van der Waals surface area (Å²) < 4.78 is 23.1. The van der Waals surface area contributed by atoms with E-state index in [-0.39, 0.29) is 115 Å². The number of carbonyl (C=O) groups is 6. The molecule has 0 fully saturated rings. The van der Waals surface area contributed by atoms with Crippen molar-refractivity contribution in [3.8, 4) is 0 Å². The molecule has 12 nitrogen and oxygen atoms in total. The van der Waals surface area contributed by atoms with Gasteiger partial charge in [0.25, 0.3) is 0 Å². The van der Waals surface area contributed by atoms with Crippen molar-refractivity contribution in [1.82, 2.24) is 0 Å². The Kier molecular flexibility index (Phi) is 27.5. The van der Waals surface area contributed by atoms with Gasteiger partial charge < -0.3 is 30.4 Å². The van der Waals surface area contributed by atoms with Gasteiger partial charge in [0.05, 0.1) is 48.7 Å². The highest BCUT2D eigenvalue weighted by Gasteiger charge is 2.30. The van der Waals surface area contributed by atoms with Gasteiger partial charge in [0.2, 0.25) is 0 Å². The Labute approximate surface area is 390 Å². The van der Waals surface area contributed by atoms with Crippen molar-refractivity contribution < 1.29 is 47.7 Å². The normalized spacial score (nSPS) is 14.1. The molecule has 0 aliphatic heterocycles. The standard InChI is InChI=1S/C53H82N2O10/c1-9-17-22-36(11-3)32-64-52(60)48-42(24-19-26-44(48)50(58)62-34-38(13-5)30-40(54)15-7)46(56)28-21-29-47(57)43-25-20-27-45(51(59)63-35-39(14-6)31-41(55)16-8)49(43)53(61)65-33-37(12-4)23-18-10-2/h19-20,24-27,36-41H,9-18,21-23,28-35,54-55H2,1-8H3. The third-order valence-electron chi connectivity index (χ3n) is 12.7. The number of rotatable bonds is 34. The van der Waals surface area contributed by atoms with Gasteiger partial charge in [-0.05, 0) is 80.8 Å². The van der Waals surface area contributed by atoms with Gasteiger partial charge in [-0.15, -0.1) is 0 Å². The Morgan fingerprint density at radius 1 is 0.431 bits per heavy atom. The minimum absolute atomic E-state index is 0.00797. The minimum atomic E-state index is -0.794. The summed E-state index contributed by atoms with van der Waals surface area (Å²) in [5, 5.41) is 0. The molecule has 6 unspecified atom stereocenters. The molecule has 0 bridgehead atoms. The Morgan fingerprint density at radius 2 is 0.754 bits per heavy atom. The third-order valence-corrected chi connectivity index (χ3v) is 12.7. The van der Waals surface area contributed by atoms with Crippen molar-refractivity contribution in [2.24, 2.45) is 35.1 Å². The molecule has 0 heterocycles. The van der Waals surface area contributed by atoms with Crippen LogP contribution in [0.4, 0.5) is 0 Å². The van der Waals surface area contributed by atoms with Crippen molar-refractivity contribution in [2.75, 3.05) is 26.4 Å². The van der Waals surface area contributed by atoms with Crippen LogP contribution in [0.1, 0.15) is 227 Å². The predicted octanol–water partition coefficient (Wildman–Crippen LogP) is 11.3. The van der Waals surface area contributed by atoms with Crippen molar-refractivity contribution >= 4 is 35.4 Å². The second kappa shape index (κ2) is 31.5. The summed E-state index contributed by atoms with van der Waals surface area (Å²) in [6.07, 6.45) is 11.4. The van der Waals surface area contributed by atoms with Crippen LogP contribution in [0.2, 0.25) is 0 Å². The maximum Gasteiger partial charge on any atom is 0.339 e. The number of hydrogen-bond acceptors (Lipinski definition) is 12. The zero-order chi connectivity index (χ0) is 48.3. The highest BCUT2D eigenvalue weighted by Crippen LogP contribution is 2.26. The second-order valence-corrected chi connectivity index (χ2v) is 17.7. The molecule has 2 aromatic rings. The van der Waals surface area contributed by atoms with E-state index in [1.165, 1.54) is 36.4 Å². The van der Waals surface area contributed by atoms with Crippen LogP contribution in [-0.4, -0.2) is 74.0 Å². The van der Waals surface area contributed by atoms with Crippen LogP contribution >= 0.6 is 0 Å². The van der Waals surface area contributed by atoms with Crippen molar-refractivity contribution in [3.63, 3.8) is 0 Å². The molecule has 4 N–H and O–H groups in total. The van der Waals surface area contributed by atoms with E-state index in [1.807, 2.05) is 41.5 Å². The number of benzene rings is 2. The van der Waals surface area contributed by atoms with Gasteiger partial charge in [-0.3, -0.25) is 9.59 Å². The first kappa shape index (κ1) is 56.7. The molecule has 2 aromatic carbocycles. The lowest BCUT2D eigenvalue weighted by molar-refractivity contribution is 0.0378. The fraction of sp³-hybridized carbons (Fsp3) is 0.660. The fourth-order valence-corrected chi connectivity index (χ4v) is 7.79. The first-order chi connectivity index (χ1) is 31.2. The van der Waals surface area contributed by atoms with Gasteiger partial charge in [-0.2, -0.15) is 0 Å². The van der Waals surface area contributed by atoms with Crippen LogP contribution in [0.5, 0.6) is 0 Å². The molecule has 6 atom stereocenters. The molecule has 0 aromatic heterocycles. The molecule has 0 saturated carbocycles. The molecule has 0 amide bonds. The first-order valence-corrected chi connectivity index (χ1v) is 24.7. The lowest BCUT2D eigenvalue weighted by Crippen LogP contribution is -2.26. The topological polar surface area (TPSA) is 191 Å². The summed E-state index contributed by atoms with van der Waals surface area (Å²) in [7, 11) is 0. The number of nitrogens with two attached hydrogens (primary N) is 2. The van der Waals surface area contributed by atoms with Gasteiger partial charge in [-0.1, -0.05) is 131 Å². The number of ketones is 2. The molecule has 0 aliphatic carbocycles. The molecule has 2 rings (SSSR count). The van der Waals surface area contributed by atoms with E-state index < -0.39 is 35.4 Å². The zero-order valence-electron chi connectivity index (χ0n) is 41.0. The number of esters is 4. The Hall–Kier alpha value is -4.42. The Bertz CT molecular complexity index is 1670. The third kappa shape index (κ3) is 19.1. The van der Waals surface area contributed by atoms with Gasteiger partial charge in [0, 0.05) is 36.1 Å². The molecule has 12 heteroatoms. The average Bonchev–Trinajstić information content (AvgIpc) is 3.32. The fourth-order valence-electron chi connectivity index (χ4n) is 7.79. The summed E-state index contributed by atoms with van der Waals surface area (Å²) >= 11 is 0. The first-order valence-electron chi connectivity index (χ1n) is 24.7. The van der Waals surface area contributed by atoms with Crippen LogP contribution in [0, 0.1) is 23.7 Å². The summed E-state index contributed by atoms with van der Waals surface area (Å²) in [6.45, 7) is 16.7. The zero-order valence-corrected chi connectivity index (χ0v) is 41.0. The van der Waals surface area contributed by atoms with E-state index in [9.17, 15) is 28.8 Å². The molecular formula is C53H82N2O10. The maximum atomic E-state index is 14.0. The van der Waals surface area contributed by atoms with Crippen LogP contribution in [0.15, 0.2) is 36.4 Å². The molecule has 0 saturated heterocycles. The van der Waals surface area contributed by atoms with E-state index in [0.29, 0.717) is 12.8 Å². The van der Waals surface area contributed by atoms with Crippen LogP contribution in [0.3, 0.4) is 0 Å². The lowest BCUT2D eigenvalue weighted by atomic mass is 9.93. The van der Waals surface area contributed by atoms with Gasteiger partial charge in [0.15, 0.2) is 11.6 Å². The number of Topliss-reactive ketones (excluding diaryl/α,β-unsaturated/α-hetero) is 2. The van der Waals surface area contributed by atoms with Gasteiger partial charge in [0.1, 0.15) is 0 Å². The summed E-state index contributed by atoms with van der Waals surface area (Å²) in [6, 6.07) is 8.86. The quantitative estimate of drug-likeness (QED) is 0.0384. The smallest absolute Gasteiger partial charge is 0.339 e. The second-order valence-electron chi connectivity index (χ2n) is 17.7. The monoisotopic (exact) mass is 907 g/mol. The van der Waals surface area contributed by atoms with E-state index in [4.69, 9.17) is 30.4 Å². The molecule has 0 aliphatic rings. The van der Waals surface area contributed by atoms with E-state index in [2.05, 4.69) is 13.8 Å². The predicted molar refractivity (Wildman–Crippen MR) is 256 cm³/mol. The molecule has 65 heavy (non-hydrogen) atoms. The molecule has 364 valence electrons. The van der Waals surface area contributed by atoms with Gasteiger partial charge >= 0.3 is 23.9 Å². The number of hydrogen-bond donors (Lipinski definition) is 2. The van der Waals surface area contributed by atoms with Gasteiger partial charge in [-0.25, -0.2) is 19.2 Å². The minimum Gasteiger partial charge on any atom is -0.462 e. The maximum absolute atomic E-state index is 14.0. The highest BCUT2D eigenvalue weighted by molar-refractivity contribution is 6.13. The SMILES string of the molecule is CCCCC(CC)COC(=O)c1c(C(=O)CCCC(=O)c2cccc(C(=O)OCC(CC)CC(N)CC)c2C(=O)OCC(CC)CCCC)cccc1C(=O)OCC(CC)CC(N)CC. The van der Waals surface area contributed by atoms with Crippen molar-refractivity contribution in [3.05, 3.63) is 69.8 Å². The van der Waals surface area contributed by atoms with E-state index in [1.54, 1.807) is 0 Å². The number of unbranched alkanes of at least 4 members (excludes halogenated alkanes) is 2. The highest BCUT2D eigenvalue weighted by atomic mass is 16.5. The molecule has 0 spiro atoms. The summed E-state index contributed by atoms with van der Waals surface area (Å²) in [4.78, 5) is 83.3. The summed E-state index contributed by atoms with van der Waals surface area (Å²) in [5.41, 5.74) is 11.9. The van der Waals surface area contributed by atoms with Crippen molar-refractivity contribution in [2.45, 2.75) is 177 Å². The average molecular weight is 907 g/mol. The van der Waals surface area contributed by atoms with E-state index >= 15 is 0 Å². The Morgan fingerprint density at radius 3 is 1.08 bits per heavy atom. The lowest BCUT2D eigenvalue weighted by Gasteiger charge is -2.20. The largest absolute Gasteiger partial charge is 0.462 e. The molecular weight excluding hydrogens is 825 g/mol. The Balaban J connectivity index is 2.45. The van der Waals surface area contributed by atoms with Crippen LogP contribution in [0.25, 0.3) is 0 Å².